The van der Waals surface area contributed by atoms with Crippen LogP contribution in [-0.2, 0) is 4.74 Å². The third-order valence-corrected chi connectivity index (χ3v) is 4.10. The zero-order valence-corrected chi connectivity index (χ0v) is 13.7. The Hall–Kier alpha value is -2.34. The van der Waals surface area contributed by atoms with E-state index in [-0.39, 0.29) is 17.4 Å². The van der Waals surface area contributed by atoms with Crippen molar-refractivity contribution in [3.8, 4) is 5.69 Å². The van der Waals surface area contributed by atoms with E-state index in [2.05, 4.69) is 15.3 Å². The Morgan fingerprint density at radius 3 is 2.60 bits per heavy atom. The van der Waals surface area contributed by atoms with Crippen LogP contribution in [-0.4, -0.2) is 64.8 Å². The lowest BCUT2D eigenvalue weighted by Gasteiger charge is -2.18. The topological polar surface area (TPSA) is 162 Å². The van der Waals surface area contributed by atoms with Gasteiger partial charge in [0, 0.05) is 6.20 Å². The monoisotopic (exact) mass is 352 g/mol. The summed E-state index contributed by atoms with van der Waals surface area (Å²) in [6.45, 7) is 3.41. The highest BCUT2D eigenvalue weighted by Gasteiger charge is 2.44. The molecule has 5 N–H and O–H groups in total. The predicted octanol–water partition coefficient (Wildman–Crippen LogP) is -1.86. The first-order valence-electron chi connectivity index (χ1n) is 7.77. The molecule has 0 amide bonds. The quantitative estimate of drug-likeness (QED) is 0.494. The van der Waals surface area contributed by atoms with Crippen LogP contribution in [0.25, 0.3) is 5.69 Å². The summed E-state index contributed by atoms with van der Waals surface area (Å²) in [6.07, 6.45) is -1.98. The molecule has 0 aliphatic carbocycles. The van der Waals surface area contributed by atoms with E-state index in [1.165, 1.54) is 10.9 Å². The van der Waals surface area contributed by atoms with Crippen molar-refractivity contribution >= 4 is 5.82 Å². The molecule has 4 atom stereocenters. The molecule has 0 spiro atoms. The molecule has 3 heterocycles. The number of aliphatic hydroxyl groups excluding tert-OH is 3. The maximum absolute atomic E-state index is 12.2. The molecule has 1 aliphatic heterocycles. The number of aliphatic hydroxyl groups is 3. The molecule has 25 heavy (non-hydrogen) atoms. The van der Waals surface area contributed by atoms with Crippen LogP contribution in [0.2, 0.25) is 0 Å². The lowest BCUT2D eigenvalue weighted by Crippen LogP contribution is -2.36. The number of anilines is 1. The standard InChI is InChI=1S/C14H20N6O5/c1-6(2)7-3-20(18-17-7)8-4-19(14(24)16-12(8)15)13-11(23)10(22)9(5-21)25-13/h3-4,6,9-11,13,21-23H,5H2,1-2H3,(H2,15,16,24). The molecule has 0 aromatic carbocycles. The molecule has 2 aromatic heterocycles. The minimum atomic E-state index is -1.41. The largest absolute Gasteiger partial charge is 0.394 e. The van der Waals surface area contributed by atoms with Gasteiger partial charge in [0.05, 0.1) is 18.5 Å². The van der Waals surface area contributed by atoms with Crippen LogP contribution in [0.15, 0.2) is 17.2 Å². The number of nitrogens with two attached hydrogens (primary N) is 1. The van der Waals surface area contributed by atoms with Gasteiger partial charge in [-0.25, -0.2) is 9.48 Å². The summed E-state index contributed by atoms with van der Waals surface area (Å²) in [5.41, 5.74) is 6.05. The number of hydrogen-bond donors (Lipinski definition) is 4. The Balaban J connectivity index is 2.03. The first-order chi connectivity index (χ1) is 11.8. The minimum absolute atomic E-state index is 0.0619. The Labute approximate surface area is 142 Å². The number of aromatic nitrogens is 5. The molecule has 1 saturated heterocycles. The summed E-state index contributed by atoms with van der Waals surface area (Å²) in [4.78, 5) is 15.9. The average Bonchev–Trinajstić information content (AvgIpc) is 3.15. The zero-order valence-electron chi connectivity index (χ0n) is 13.7. The number of nitrogen functional groups attached to an aromatic ring is 1. The van der Waals surface area contributed by atoms with Crippen LogP contribution in [0.1, 0.15) is 31.7 Å². The van der Waals surface area contributed by atoms with Crippen molar-refractivity contribution < 1.29 is 20.1 Å². The van der Waals surface area contributed by atoms with Gasteiger partial charge in [-0.1, -0.05) is 19.1 Å². The van der Waals surface area contributed by atoms with Crippen molar-refractivity contribution in [1.82, 2.24) is 24.5 Å². The van der Waals surface area contributed by atoms with Crippen molar-refractivity contribution in [1.29, 1.82) is 0 Å². The molecule has 2 aromatic rings. The molecule has 4 unspecified atom stereocenters. The fourth-order valence-corrected chi connectivity index (χ4v) is 2.60. The molecule has 11 nitrogen and oxygen atoms in total. The van der Waals surface area contributed by atoms with Crippen molar-refractivity contribution in [2.24, 2.45) is 0 Å². The fourth-order valence-electron chi connectivity index (χ4n) is 2.60. The molecule has 11 heteroatoms. The third-order valence-electron chi connectivity index (χ3n) is 4.10. The lowest BCUT2D eigenvalue weighted by molar-refractivity contribution is -0.0549. The summed E-state index contributed by atoms with van der Waals surface area (Å²) >= 11 is 0. The second kappa shape index (κ2) is 6.52. The highest BCUT2D eigenvalue weighted by molar-refractivity contribution is 5.49. The van der Waals surface area contributed by atoms with Gasteiger partial charge in [-0.05, 0) is 5.92 Å². The molecular weight excluding hydrogens is 332 g/mol. The lowest BCUT2D eigenvalue weighted by atomic mass is 10.1. The van der Waals surface area contributed by atoms with E-state index in [4.69, 9.17) is 10.5 Å². The van der Waals surface area contributed by atoms with Gasteiger partial charge in [0.15, 0.2) is 12.0 Å². The maximum Gasteiger partial charge on any atom is 0.351 e. The SMILES string of the molecule is CC(C)c1cn(-c2cn(C3OC(CO)C(O)C3O)c(=O)nc2N)nn1. The van der Waals surface area contributed by atoms with Gasteiger partial charge < -0.3 is 25.8 Å². The van der Waals surface area contributed by atoms with Gasteiger partial charge in [-0.15, -0.1) is 5.10 Å². The maximum atomic E-state index is 12.2. The van der Waals surface area contributed by atoms with Crippen molar-refractivity contribution in [3.05, 3.63) is 28.6 Å². The second-order valence-corrected chi connectivity index (χ2v) is 6.17. The van der Waals surface area contributed by atoms with Crippen molar-refractivity contribution in [3.63, 3.8) is 0 Å². The van der Waals surface area contributed by atoms with Crippen LogP contribution in [0.5, 0.6) is 0 Å². The van der Waals surface area contributed by atoms with E-state index >= 15 is 0 Å². The predicted molar refractivity (Wildman–Crippen MR) is 84.9 cm³/mol. The summed E-state index contributed by atoms with van der Waals surface area (Å²) in [7, 11) is 0. The molecule has 0 bridgehead atoms. The smallest absolute Gasteiger partial charge is 0.351 e. The number of nitrogens with zero attached hydrogens (tertiary/aromatic N) is 5. The Bertz CT molecular complexity index is 818. The van der Waals surface area contributed by atoms with E-state index < -0.39 is 36.8 Å². The molecule has 0 saturated carbocycles. The van der Waals surface area contributed by atoms with Gasteiger partial charge in [0.25, 0.3) is 0 Å². The first kappa shape index (κ1) is 17.5. The van der Waals surface area contributed by atoms with Gasteiger partial charge in [0.2, 0.25) is 0 Å². The van der Waals surface area contributed by atoms with Crippen LogP contribution >= 0.6 is 0 Å². The van der Waals surface area contributed by atoms with E-state index in [1.54, 1.807) is 6.20 Å². The Kier molecular flexibility index (Phi) is 4.56. The fraction of sp³-hybridized carbons (Fsp3) is 0.571. The summed E-state index contributed by atoms with van der Waals surface area (Å²) < 4.78 is 7.74. The van der Waals surface area contributed by atoms with Gasteiger partial charge in [-0.3, -0.25) is 4.57 Å². The number of ether oxygens (including phenoxy) is 1. The normalized spacial score (nSPS) is 26.5. The van der Waals surface area contributed by atoms with Gasteiger partial charge in [0.1, 0.15) is 24.0 Å². The number of rotatable bonds is 4. The Morgan fingerprint density at radius 2 is 2.04 bits per heavy atom. The molecule has 1 aliphatic rings. The van der Waals surface area contributed by atoms with Gasteiger partial charge in [-0.2, -0.15) is 4.98 Å². The zero-order chi connectivity index (χ0) is 18.3. The Morgan fingerprint density at radius 1 is 1.32 bits per heavy atom. The summed E-state index contributed by atoms with van der Waals surface area (Å²) in [6, 6.07) is 0. The molecular formula is C14H20N6O5. The molecule has 0 radical (unpaired) electrons. The van der Waals surface area contributed by atoms with E-state index in [0.29, 0.717) is 0 Å². The molecule has 136 valence electrons. The second-order valence-electron chi connectivity index (χ2n) is 6.17. The van der Waals surface area contributed by atoms with Crippen LogP contribution < -0.4 is 11.4 Å². The van der Waals surface area contributed by atoms with Crippen molar-refractivity contribution in [2.75, 3.05) is 12.3 Å². The average molecular weight is 352 g/mol. The molecule has 1 fully saturated rings. The van der Waals surface area contributed by atoms with Gasteiger partial charge >= 0.3 is 5.69 Å². The minimum Gasteiger partial charge on any atom is -0.394 e. The third kappa shape index (κ3) is 3.02. The van der Waals surface area contributed by atoms with E-state index in [1.807, 2.05) is 13.8 Å². The van der Waals surface area contributed by atoms with E-state index in [9.17, 15) is 20.1 Å². The number of hydrogen-bond acceptors (Lipinski definition) is 9. The summed E-state index contributed by atoms with van der Waals surface area (Å²) in [5, 5.41) is 37.1. The van der Waals surface area contributed by atoms with Crippen LogP contribution in [0.3, 0.4) is 0 Å². The molecule has 3 rings (SSSR count). The summed E-state index contributed by atoms with van der Waals surface area (Å²) in [5.74, 6) is 0.0856. The van der Waals surface area contributed by atoms with Crippen molar-refractivity contribution in [2.45, 2.75) is 44.3 Å². The van der Waals surface area contributed by atoms with Crippen LogP contribution in [0, 0.1) is 0 Å². The highest BCUT2D eigenvalue weighted by atomic mass is 16.6. The first-order valence-corrected chi connectivity index (χ1v) is 7.77. The van der Waals surface area contributed by atoms with E-state index in [0.717, 1.165) is 10.3 Å². The highest BCUT2D eigenvalue weighted by Crippen LogP contribution is 2.29. The van der Waals surface area contributed by atoms with Crippen LogP contribution in [0.4, 0.5) is 5.82 Å².